The highest BCUT2D eigenvalue weighted by atomic mass is 19.1. The number of aliphatic hydroxyl groups is 2. The van der Waals surface area contributed by atoms with Gasteiger partial charge in [-0.05, 0) is 6.92 Å². The number of aromatic amines is 1. The molecule has 1 aliphatic rings. The summed E-state index contributed by atoms with van der Waals surface area (Å²) in [6, 6.07) is -0.999. The van der Waals surface area contributed by atoms with Gasteiger partial charge >= 0.3 is 5.69 Å². The second kappa shape index (κ2) is 5.10. The summed E-state index contributed by atoms with van der Waals surface area (Å²) in [5.41, 5.74) is -0.980. The van der Waals surface area contributed by atoms with Crippen LogP contribution in [-0.2, 0) is 0 Å². The number of alkyl halides is 1. The Morgan fingerprint density at radius 2 is 2.11 bits per heavy atom. The van der Waals surface area contributed by atoms with E-state index >= 15 is 0 Å². The van der Waals surface area contributed by atoms with E-state index in [1.807, 2.05) is 0 Å². The summed E-state index contributed by atoms with van der Waals surface area (Å²) < 4.78 is 15.1. The lowest BCUT2D eigenvalue weighted by Crippen LogP contribution is -2.44. The molecule has 0 saturated heterocycles. The number of allylic oxidation sites excluding steroid dienone is 1. The van der Waals surface area contributed by atoms with Gasteiger partial charge in [0.25, 0.3) is 5.56 Å². The topological polar surface area (TPSA) is 95.3 Å². The minimum absolute atomic E-state index is 0.277. The molecular weight excluding hydrogens is 255 g/mol. The first kappa shape index (κ1) is 13.7. The first-order valence-electron chi connectivity index (χ1n) is 5.89. The highest BCUT2D eigenvalue weighted by Crippen LogP contribution is 2.28. The van der Waals surface area contributed by atoms with Gasteiger partial charge in [-0.25, -0.2) is 9.18 Å². The average Bonchev–Trinajstić information content (AvgIpc) is 2.37. The van der Waals surface area contributed by atoms with Gasteiger partial charge in [-0.3, -0.25) is 14.3 Å². The lowest BCUT2D eigenvalue weighted by molar-refractivity contribution is 0.000973. The molecule has 2 rings (SSSR count). The van der Waals surface area contributed by atoms with Crippen LogP contribution < -0.4 is 11.2 Å². The summed E-state index contributed by atoms with van der Waals surface area (Å²) in [5.74, 6) is -0.689. The van der Waals surface area contributed by atoms with E-state index in [1.54, 1.807) is 0 Å². The Morgan fingerprint density at radius 1 is 1.42 bits per heavy atom. The van der Waals surface area contributed by atoms with Crippen molar-refractivity contribution in [1.29, 1.82) is 0 Å². The van der Waals surface area contributed by atoms with Gasteiger partial charge in [0, 0.05) is 17.7 Å². The monoisotopic (exact) mass is 270 g/mol. The fraction of sp³-hybridized carbons (Fsp3) is 0.500. The average molecular weight is 270 g/mol. The lowest BCUT2D eigenvalue weighted by atomic mass is 9.88. The van der Waals surface area contributed by atoms with Gasteiger partial charge in [0.1, 0.15) is 0 Å². The van der Waals surface area contributed by atoms with Gasteiger partial charge in [0.15, 0.2) is 6.17 Å². The van der Waals surface area contributed by atoms with Crippen molar-refractivity contribution in [1.82, 2.24) is 9.55 Å². The van der Waals surface area contributed by atoms with Crippen molar-refractivity contribution in [3.05, 3.63) is 44.8 Å². The van der Waals surface area contributed by atoms with Gasteiger partial charge in [-0.1, -0.05) is 12.2 Å². The van der Waals surface area contributed by atoms with Gasteiger partial charge in [-0.15, -0.1) is 0 Å². The number of halogens is 1. The Kier molecular flexibility index (Phi) is 3.68. The molecule has 6 nitrogen and oxygen atoms in total. The van der Waals surface area contributed by atoms with Crippen molar-refractivity contribution in [2.45, 2.75) is 25.2 Å². The number of nitrogens with zero attached hydrogens (tertiary/aromatic N) is 1. The van der Waals surface area contributed by atoms with E-state index in [2.05, 4.69) is 4.98 Å². The fourth-order valence-electron chi connectivity index (χ4n) is 2.14. The third-order valence-electron chi connectivity index (χ3n) is 3.32. The predicted octanol–water partition coefficient (Wildman–Crippen LogP) is -0.737. The zero-order chi connectivity index (χ0) is 14.2. The zero-order valence-electron chi connectivity index (χ0n) is 10.3. The summed E-state index contributed by atoms with van der Waals surface area (Å²) in [5, 5.41) is 18.7. The molecule has 19 heavy (non-hydrogen) atoms. The molecule has 1 aromatic rings. The largest absolute Gasteiger partial charge is 0.396 e. The maximum atomic E-state index is 14.1. The van der Waals surface area contributed by atoms with Crippen LogP contribution in [0.3, 0.4) is 0 Å². The second-order valence-corrected chi connectivity index (χ2v) is 4.64. The smallest absolute Gasteiger partial charge is 0.328 e. The SMILES string of the molecule is Cc1cn([C@@H]2C=C[C@H](CO)[C@@H](O)[C@H]2F)c(=O)[nH]c1=O. The molecule has 0 unspecified atom stereocenters. The summed E-state index contributed by atoms with van der Waals surface area (Å²) in [6.45, 7) is 1.13. The number of aliphatic hydroxyl groups excluding tert-OH is 2. The van der Waals surface area contributed by atoms with Crippen LogP contribution in [0.2, 0.25) is 0 Å². The van der Waals surface area contributed by atoms with E-state index in [1.165, 1.54) is 25.3 Å². The maximum Gasteiger partial charge on any atom is 0.328 e. The molecule has 3 N–H and O–H groups in total. The Labute approximate surface area is 107 Å². The molecule has 0 aliphatic heterocycles. The number of nitrogens with one attached hydrogen (secondary N) is 1. The Balaban J connectivity index is 2.46. The highest BCUT2D eigenvalue weighted by Gasteiger charge is 2.36. The zero-order valence-corrected chi connectivity index (χ0v) is 10.3. The van der Waals surface area contributed by atoms with Crippen molar-refractivity contribution < 1.29 is 14.6 Å². The van der Waals surface area contributed by atoms with Gasteiger partial charge in [0.2, 0.25) is 0 Å². The Morgan fingerprint density at radius 3 is 2.74 bits per heavy atom. The number of aromatic nitrogens is 2. The molecule has 104 valence electrons. The maximum absolute atomic E-state index is 14.1. The third kappa shape index (κ3) is 2.39. The van der Waals surface area contributed by atoms with Gasteiger partial charge in [0.05, 0.1) is 18.8 Å². The minimum atomic E-state index is -1.73. The molecule has 7 heteroatoms. The molecule has 0 saturated carbocycles. The molecule has 0 spiro atoms. The summed E-state index contributed by atoms with van der Waals surface area (Å²) in [6.07, 6.45) is 1.02. The highest BCUT2D eigenvalue weighted by molar-refractivity contribution is 5.12. The molecule has 1 aromatic heterocycles. The van der Waals surface area contributed by atoms with E-state index in [0.717, 1.165) is 4.57 Å². The Bertz CT molecular complexity index is 606. The van der Waals surface area contributed by atoms with E-state index in [4.69, 9.17) is 5.11 Å². The standard InChI is InChI=1S/C12H15FN2O4/c1-6-4-15(12(19)14-11(6)18)8-3-2-7(5-16)10(17)9(8)13/h2-4,7-10,16-17H,5H2,1H3,(H,14,18,19)/t7-,8-,9+,10-/m1/s1. The van der Waals surface area contributed by atoms with Crippen LogP contribution in [-0.4, -0.2) is 38.6 Å². The number of aryl methyl sites for hydroxylation is 1. The number of hydrogen-bond donors (Lipinski definition) is 3. The molecule has 1 aliphatic carbocycles. The molecule has 0 bridgehead atoms. The first-order chi connectivity index (χ1) is 8.95. The molecule has 0 fully saturated rings. The summed E-state index contributed by atoms with van der Waals surface area (Å²) in [7, 11) is 0. The van der Waals surface area contributed by atoms with Crippen LogP contribution in [0, 0.1) is 12.8 Å². The van der Waals surface area contributed by atoms with Crippen molar-refractivity contribution in [3.63, 3.8) is 0 Å². The van der Waals surface area contributed by atoms with Crippen molar-refractivity contribution in [2.24, 2.45) is 5.92 Å². The lowest BCUT2D eigenvalue weighted by Gasteiger charge is -2.31. The van der Waals surface area contributed by atoms with Gasteiger partial charge < -0.3 is 10.2 Å². The van der Waals surface area contributed by atoms with E-state index in [-0.39, 0.29) is 12.2 Å². The van der Waals surface area contributed by atoms with Crippen LogP contribution in [0.5, 0.6) is 0 Å². The van der Waals surface area contributed by atoms with Crippen LogP contribution in [0.4, 0.5) is 4.39 Å². The quantitative estimate of drug-likeness (QED) is 0.617. The van der Waals surface area contributed by atoms with Crippen LogP contribution in [0.25, 0.3) is 0 Å². The third-order valence-corrected chi connectivity index (χ3v) is 3.32. The predicted molar refractivity (Wildman–Crippen MR) is 65.7 cm³/mol. The van der Waals surface area contributed by atoms with E-state index < -0.39 is 35.5 Å². The normalized spacial score (nSPS) is 30.5. The number of rotatable bonds is 2. The number of hydrogen-bond acceptors (Lipinski definition) is 4. The van der Waals surface area contributed by atoms with Gasteiger partial charge in [-0.2, -0.15) is 0 Å². The van der Waals surface area contributed by atoms with Crippen LogP contribution in [0.15, 0.2) is 27.9 Å². The van der Waals surface area contributed by atoms with E-state index in [0.29, 0.717) is 0 Å². The minimum Gasteiger partial charge on any atom is -0.396 e. The van der Waals surface area contributed by atoms with Crippen molar-refractivity contribution >= 4 is 0 Å². The molecule has 1 heterocycles. The second-order valence-electron chi connectivity index (χ2n) is 4.64. The summed E-state index contributed by atoms with van der Waals surface area (Å²) >= 11 is 0. The van der Waals surface area contributed by atoms with Crippen LogP contribution >= 0.6 is 0 Å². The van der Waals surface area contributed by atoms with Crippen molar-refractivity contribution in [3.8, 4) is 0 Å². The molecule has 0 aromatic carbocycles. The summed E-state index contributed by atoms with van der Waals surface area (Å²) in [4.78, 5) is 25.0. The molecular formula is C12H15FN2O4. The molecule has 0 radical (unpaired) electrons. The first-order valence-corrected chi connectivity index (χ1v) is 5.89. The molecule has 4 atom stereocenters. The Hall–Kier alpha value is -1.73. The fourth-order valence-corrected chi connectivity index (χ4v) is 2.14. The van der Waals surface area contributed by atoms with Crippen molar-refractivity contribution in [2.75, 3.05) is 6.61 Å². The van der Waals surface area contributed by atoms with Crippen LogP contribution in [0.1, 0.15) is 11.6 Å². The molecule has 0 amide bonds. The van der Waals surface area contributed by atoms with E-state index in [9.17, 15) is 19.1 Å². The number of H-pyrrole nitrogens is 1.